The highest BCUT2D eigenvalue weighted by Gasteiger charge is 1.94. The first-order chi connectivity index (χ1) is 8.22. The van der Waals surface area contributed by atoms with Crippen molar-refractivity contribution in [3.8, 4) is 0 Å². The second-order valence-electron chi connectivity index (χ2n) is 4.32. The molecule has 1 aromatic rings. The van der Waals surface area contributed by atoms with Gasteiger partial charge in [0.25, 0.3) is 0 Å². The van der Waals surface area contributed by atoms with E-state index in [2.05, 4.69) is 36.3 Å². The molecule has 0 aliphatic rings. The van der Waals surface area contributed by atoms with Gasteiger partial charge >= 0.3 is 0 Å². The standard InChI is InChI=1S/C14H23N3.HI/c1-3-4-5-6-10-16-14(15)17-13-9-7-8-12(2)11-13;/h7-9,11H,3-6,10H2,1-2H3,(H3,15,16,17);1H. The Balaban J connectivity index is 0.00000289. The van der Waals surface area contributed by atoms with Crippen molar-refractivity contribution in [3.05, 3.63) is 29.8 Å². The summed E-state index contributed by atoms with van der Waals surface area (Å²) < 4.78 is 0. The van der Waals surface area contributed by atoms with E-state index < -0.39 is 0 Å². The van der Waals surface area contributed by atoms with Gasteiger partial charge in [-0.1, -0.05) is 38.3 Å². The van der Waals surface area contributed by atoms with Gasteiger partial charge in [0.1, 0.15) is 0 Å². The van der Waals surface area contributed by atoms with Gasteiger partial charge < -0.3 is 11.1 Å². The van der Waals surface area contributed by atoms with Crippen LogP contribution < -0.4 is 11.1 Å². The third kappa shape index (κ3) is 7.53. The largest absolute Gasteiger partial charge is 0.370 e. The molecule has 0 aliphatic carbocycles. The fraction of sp³-hybridized carbons (Fsp3) is 0.500. The summed E-state index contributed by atoms with van der Waals surface area (Å²) in [5, 5.41) is 3.10. The summed E-state index contributed by atoms with van der Waals surface area (Å²) in [7, 11) is 0. The molecule has 0 aromatic heterocycles. The van der Waals surface area contributed by atoms with Gasteiger partial charge in [-0.3, -0.25) is 4.99 Å². The zero-order valence-corrected chi connectivity index (χ0v) is 13.6. The van der Waals surface area contributed by atoms with E-state index in [0.29, 0.717) is 5.96 Å². The van der Waals surface area contributed by atoms with E-state index in [1.807, 2.05) is 12.1 Å². The molecule has 0 atom stereocenters. The van der Waals surface area contributed by atoms with Crippen LogP contribution in [0.25, 0.3) is 0 Å². The summed E-state index contributed by atoms with van der Waals surface area (Å²) >= 11 is 0. The van der Waals surface area contributed by atoms with Crippen LogP contribution in [0.1, 0.15) is 38.2 Å². The van der Waals surface area contributed by atoms with Gasteiger partial charge in [-0.15, -0.1) is 24.0 Å². The van der Waals surface area contributed by atoms with Crippen molar-refractivity contribution in [2.24, 2.45) is 10.7 Å². The zero-order chi connectivity index (χ0) is 12.5. The van der Waals surface area contributed by atoms with Gasteiger partial charge in [0.05, 0.1) is 0 Å². The van der Waals surface area contributed by atoms with Crippen molar-refractivity contribution in [1.29, 1.82) is 0 Å². The first-order valence-corrected chi connectivity index (χ1v) is 6.36. The lowest BCUT2D eigenvalue weighted by molar-refractivity contribution is 0.675. The molecule has 0 aliphatic heterocycles. The predicted octanol–water partition coefficient (Wildman–Crippen LogP) is 3.92. The molecule has 0 unspecified atom stereocenters. The summed E-state index contributed by atoms with van der Waals surface area (Å²) in [6, 6.07) is 8.11. The molecule has 0 amide bonds. The molecule has 3 N–H and O–H groups in total. The Morgan fingerprint density at radius 3 is 2.72 bits per heavy atom. The minimum absolute atomic E-state index is 0. The molecule has 0 spiro atoms. The summed E-state index contributed by atoms with van der Waals surface area (Å²) in [4.78, 5) is 4.30. The normalized spacial score (nSPS) is 10.9. The van der Waals surface area contributed by atoms with Crippen molar-refractivity contribution in [3.63, 3.8) is 0 Å². The van der Waals surface area contributed by atoms with E-state index in [1.165, 1.54) is 24.8 Å². The molecule has 102 valence electrons. The lowest BCUT2D eigenvalue weighted by Gasteiger charge is -2.06. The van der Waals surface area contributed by atoms with E-state index in [-0.39, 0.29) is 24.0 Å². The zero-order valence-electron chi connectivity index (χ0n) is 11.3. The van der Waals surface area contributed by atoms with Crippen LogP contribution in [0.5, 0.6) is 0 Å². The average molecular weight is 361 g/mol. The molecule has 1 rings (SSSR count). The van der Waals surface area contributed by atoms with Gasteiger partial charge in [0, 0.05) is 12.2 Å². The number of hydrogen-bond donors (Lipinski definition) is 2. The van der Waals surface area contributed by atoms with Crippen molar-refractivity contribution >= 4 is 35.6 Å². The van der Waals surface area contributed by atoms with Crippen LogP contribution in [0, 0.1) is 6.92 Å². The van der Waals surface area contributed by atoms with Crippen molar-refractivity contribution in [1.82, 2.24) is 0 Å². The van der Waals surface area contributed by atoms with E-state index in [9.17, 15) is 0 Å². The van der Waals surface area contributed by atoms with E-state index >= 15 is 0 Å². The summed E-state index contributed by atoms with van der Waals surface area (Å²) in [6.07, 6.45) is 4.88. The average Bonchev–Trinajstić information content (AvgIpc) is 2.29. The number of unbranched alkanes of at least 4 members (excludes halogenated alkanes) is 3. The Labute approximate surface area is 127 Å². The Morgan fingerprint density at radius 1 is 1.28 bits per heavy atom. The molecular weight excluding hydrogens is 337 g/mol. The number of rotatable bonds is 6. The molecule has 0 heterocycles. The molecule has 4 heteroatoms. The van der Waals surface area contributed by atoms with Gasteiger partial charge in [-0.2, -0.15) is 0 Å². The lowest BCUT2D eigenvalue weighted by atomic mass is 10.2. The van der Waals surface area contributed by atoms with E-state index in [0.717, 1.165) is 18.7 Å². The van der Waals surface area contributed by atoms with Crippen molar-refractivity contribution in [2.75, 3.05) is 11.9 Å². The maximum absolute atomic E-state index is 5.81. The number of halogens is 1. The first kappa shape index (κ1) is 17.2. The van der Waals surface area contributed by atoms with E-state index in [1.54, 1.807) is 0 Å². The third-order valence-electron chi connectivity index (χ3n) is 2.58. The van der Waals surface area contributed by atoms with Gasteiger partial charge in [0.2, 0.25) is 0 Å². The van der Waals surface area contributed by atoms with Crippen LogP contribution in [0.4, 0.5) is 5.69 Å². The summed E-state index contributed by atoms with van der Waals surface area (Å²) in [5.41, 5.74) is 8.02. The Morgan fingerprint density at radius 2 is 2.06 bits per heavy atom. The molecule has 0 saturated heterocycles. The number of nitrogens with two attached hydrogens (primary N) is 1. The van der Waals surface area contributed by atoms with Crippen LogP contribution in [0.3, 0.4) is 0 Å². The number of anilines is 1. The number of nitrogens with one attached hydrogen (secondary N) is 1. The monoisotopic (exact) mass is 361 g/mol. The van der Waals surface area contributed by atoms with Crippen LogP contribution >= 0.6 is 24.0 Å². The maximum Gasteiger partial charge on any atom is 0.193 e. The first-order valence-electron chi connectivity index (χ1n) is 6.36. The number of guanidine groups is 1. The highest BCUT2D eigenvalue weighted by molar-refractivity contribution is 14.0. The fourth-order valence-electron chi connectivity index (χ4n) is 1.65. The third-order valence-corrected chi connectivity index (χ3v) is 2.58. The molecule has 3 nitrogen and oxygen atoms in total. The van der Waals surface area contributed by atoms with Crippen LogP contribution in [0.15, 0.2) is 29.3 Å². The molecule has 0 bridgehead atoms. The van der Waals surface area contributed by atoms with Crippen molar-refractivity contribution in [2.45, 2.75) is 39.5 Å². The van der Waals surface area contributed by atoms with Crippen LogP contribution in [-0.2, 0) is 0 Å². The maximum atomic E-state index is 5.81. The number of benzene rings is 1. The molecule has 0 fully saturated rings. The number of hydrogen-bond acceptors (Lipinski definition) is 1. The van der Waals surface area contributed by atoms with Crippen LogP contribution in [0.2, 0.25) is 0 Å². The summed E-state index contributed by atoms with van der Waals surface area (Å²) in [5.74, 6) is 0.507. The topological polar surface area (TPSA) is 50.4 Å². The lowest BCUT2D eigenvalue weighted by Crippen LogP contribution is -2.22. The highest BCUT2D eigenvalue weighted by Crippen LogP contribution is 2.08. The van der Waals surface area contributed by atoms with Crippen molar-refractivity contribution < 1.29 is 0 Å². The number of aryl methyl sites for hydroxylation is 1. The van der Waals surface area contributed by atoms with Gasteiger partial charge in [-0.25, -0.2) is 0 Å². The second kappa shape index (κ2) is 10.2. The minimum atomic E-state index is 0. The number of nitrogens with zero attached hydrogens (tertiary/aromatic N) is 1. The Kier molecular flexibility index (Phi) is 9.73. The predicted molar refractivity (Wildman–Crippen MR) is 90.8 cm³/mol. The molecular formula is C14H24IN3. The SMILES string of the molecule is CCCCCCN=C(N)Nc1cccc(C)c1.I. The highest BCUT2D eigenvalue weighted by atomic mass is 127. The smallest absolute Gasteiger partial charge is 0.193 e. The molecule has 1 aromatic carbocycles. The summed E-state index contributed by atoms with van der Waals surface area (Å²) in [6.45, 7) is 5.07. The van der Waals surface area contributed by atoms with E-state index in [4.69, 9.17) is 5.73 Å². The second-order valence-corrected chi connectivity index (χ2v) is 4.32. The minimum Gasteiger partial charge on any atom is -0.370 e. The molecule has 0 saturated carbocycles. The molecule has 0 radical (unpaired) electrons. The van der Waals surface area contributed by atoms with Gasteiger partial charge in [-0.05, 0) is 31.0 Å². The quantitative estimate of drug-likeness (QED) is 0.349. The fourth-order valence-corrected chi connectivity index (χ4v) is 1.65. The Hall–Kier alpha value is -0.780. The van der Waals surface area contributed by atoms with Gasteiger partial charge in [0.15, 0.2) is 5.96 Å². The van der Waals surface area contributed by atoms with Crippen LogP contribution in [-0.4, -0.2) is 12.5 Å². The molecule has 18 heavy (non-hydrogen) atoms. The Bertz CT molecular complexity index is 364. The number of aliphatic imine (C=N–C) groups is 1.